The maximum atomic E-state index is 5.28. The predicted octanol–water partition coefficient (Wildman–Crippen LogP) is 14.4. The Kier molecular flexibility index (Phi) is 8.60. The van der Waals surface area contributed by atoms with Gasteiger partial charge in [0, 0.05) is 47.6 Å². The summed E-state index contributed by atoms with van der Waals surface area (Å²) in [5.41, 5.74) is 11.6. The van der Waals surface area contributed by atoms with Crippen LogP contribution in [0.4, 0.5) is 34.1 Å². The Morgan fingerprint density at radius 2 is 0.586 bits per heavy atom. The molecule has 0 saturated heterocycles. The fourth-order valence-corrected chi connectivity index (χ4v) is 9.86. The number of hydrogen-bond donors (Lipinski definition) is 0. The van der Waals surface area contributed by atoms with Crippen molar-refractivity contribution < 1.29 is 0 Å². The minimum Gasteiger partial charge on any atom is -0.308 e. The molecule has 2 aliphatic heterocycles. The molecule has 0 radical (unpaired) electrons. The van der Waals surface area contributed by atoms with Crippen molar-refractivity contribution in [3.05, 3.63) is 200 Å². The fraction of sp³-hybridized carbons (Fsp3) is 0. The third-order valence-corrected chi connectivity index (χ3v) is 12.7. The highest BCUT2D eigenvalue weighted by Crippen LogP contribution is 2.55. The van der Waals surface area contributed by atoms with Gasteiger partial charge in [-0.3, -0.25) is 0 Å². The van der Waals surface area contributed by atoms with Crippen molar-refractivity contribution in [3.63, 3.8) is 0 Å². The summed E-state index contributed by atoms with van der Waals surface area (Å²) in [6, 6.07) is 70.5. The van der Waals surface area contributed by atoms with Crippen LogP contribution in [0.25, 0.3) is 45.3 Å². The minimum absolute atomic E-state index is 0.597. The first kappa shape index (κ1) is 34.3. The standard InChI is InChI=1S/C51H33N5S2/c1-3-15-34(16-4-1)35-27-29-37(30-28-35)50-52-49(36-17-5-2-6-18-36)53-51(54-50)38-31-39(55-41-19-7-11-23-45(41)57-46-24-12-8-20-42(46)55)33-40(32-38)56-43-21-9-13-25-47(43)58-48-26-14-10-22-44(48)56/h1-33H. The van der Waals surface area contributed by atoms with Crippen LogP contribution in [-0.4, -0.2) is 15.0 Å². The number of anilines is 6. The van der Waals surface area contributed by atoms with Gasteiger partial charge in [0.2, 0.25) is 0 Å². The van der Waals surface area contributed by atoms with Gasteiger partial charge in [0.25, 0.3) is 0 Å². The van der Waals surface area contributed by atoms with E-state index in [1.807, 2.05) is 24.3 Å². The van der Waals surface area contributed by atoms with E-state index in [1.54, 1.807) is 23.5 Å². The first-order chi connectivity index (χ1) is 28.7. The van der Waals surface area contributed by atoms with Crippen LogP contribution in [0.5, 0.6) is 0 Å². The summed E-state index contributed by atoms with van der Waals surface area (Å²) in [5, 5.41) is 0. The van der Waals surface area contributed by atoms with Gasteiger partial charge in [0.15, 0.2) is 17.5 Å². The van der Waals surface area contributed by atoms with Crippen molar-refractivity contribution >= 4 is 57.6 Å². The van der Waals surface area contributed by atoms with Gasteiger partial charge in [-0.15, -0.1) is 0 Å². The Balaban J connectivity index is 1.15. The summed E-state index contributed by atoms with van der Waals surface area (Å²) in [6.07, 6.45) is 0. The number of rotatable bonds is 6. The first-order valence-corrected chi connectivity index (χ1v) is 20.8. The van der Waals surface area contributed by atoms with E-state index in [0.717, 1.165) is 56.4 Å². The molecule has 7 heteroatoms. The molecule has 58 heavy (non-hydrogen) atoms. The van der Waals surface area contributed by atoms with E-state index in [-0.39, 0.29) is 0 Å². The second-order valence-corrected chi connectivity index (χ2v) is 16.3. The van der Waals surface area contributed by atoms with Crippen LogP contribution in [0.1, 0.15) is 0 Å². The smallest absolute Gasteiger partial charge is 0.164 e. The van der Waals surface area contributed by atoms with Gasteiger partial charge in [0.05, 0.1) is 22.7 Å². The molecule has 2 aliphatic rings. The zero-order valence-electron chi connectivity index (χ0n) is 31.1. The molecular formula is C51H33N5S2. The molecular weight excluding hydrogens is 747 g/mol. The normalized spacial score (nSPS) is 12.6. The third-order valence-electron chi connectivity index (χ3n) is 10.5. The van der Waals surface area contributed by atoms with Gasteiger partial charge in [-0.1, -0.05) is 157 Å². The molecule has 0 aliphatic carbocycles. The lowest BCUT2D eigenvalue weighted by molar-refractivity contribution is 1.07. The van der Waals surface area contributed by atoms with E-state index in [4.69, 9.17) is 15.0 Å². The van der Waals surface area contributed by atoms with Gasteiger partial charge in [-0.05, 0) is 77.9 Å². The molecule has 1 aromatic heterocycles. The lowest BCUT2D eigenvalue weighted by atomic mass is 10.0. The third kappa shape index (κ3) is 6.22. The zero-order valence-corrected chi connectivity index (χ0v) is 32.7. The summed E-state index contributed by atoms with van der Waals surface area (Å²) < 4.78 is 0. The number of fused-ring (bicyclic) bond motifs is 4. The van der Waals surface area contributed by atoms with Crippen LogP contribution in [0.2, 0.25) is 0 Å². The van der Waals surface area contributed by atoms with Crippen molar-refractivity contribution in [1.82, 2.24) is 15.0 Å². The van der Waals surface area contributed by atoms with Crippen molar-refractivity contribution in [2.45, 2.75) is 19.6 Å². The molecule has 0 spiro atoms. The molecule has 0 fully saturated rings. The molecule has 274 valence electrons. The van der Waals surface area contributed by atoms with E-state index < -0.39 is 0 Å². The number of hydrogen-bond acceptors (Lipinski definition) is 7. The van der Waals surface area contributed by atoms with E-state index in [9.17, 15) is 0 Å². The van der Waals surface area contributed by atoms with Crippen molar-refractivity contribution in [3.8, 4) is 45.3 Å². The van der Waals surface area contributed by atoms with Crippen molar-refractivity contribution in [2.24, 2.45) is 0 Å². The molecule has 0 N–H and O–H groups in total. The number of para-hydroxylation sites is 4. The van der Waals surface area contributed by atoms with E-state index in [2.05, 4.69) is 186 Å². The predicted molar refractivity (Wildman–Crippen MR) is 239 cm³/mol. The van der Waals surface area contributed by atoms with E-state index >= 15 is 0 Å². The van der Waals surface area contributed by atoms with Gasteiger partial charge in [-0.25, -0.2) is 15.0 Å². The molecule has 5 nitrogen and oxygen atoms in total. The lowest BCUT2D eigenvalue weighted by Crippen LogP contribution is -2.18. The maximum absolute atomic E-state index is 5.28. The first-order valence-electron chi connectivity index (χ1n) is 19.2. The number of benzene rings is 8. The molecule has 0 unspecified atom stereocenters. The maximum Gasteiger partial charge on any atom is 0.164 e. The average Bonchev–Trinajstić information content (AvgIpc) is 3.30. The molecule has 8 aromatic carbocycles. The van der Waals surface area contributed by atoms with Gasteiger partial charge >= 0.3 is 0 Å². The highest BCUT2D eigenvalue weighted by atomic mass is 32.2. The van der Waals surface area contributed by atoms with Gasteiger partial charge < -0.3 is 9.80 Å². The second-order valence-electron chi connectivity index (χ2n) is 14.1. The van der Waals surface area contributed by atoms with Crippen molar-refractivity contribution in [1.29, 1.82) is 0 Å². The highest BCUT2D eigenvalue weighted by molar-refractivity contribution is 8.00. The molecule has 9 aromatic rings. The van der Waals surface area contributed by atoms with Crippen LogP contribution < -0.4 is 9.80 Å². The molecule has 0 saturated carbocycles. The highest BCUT2D eigenvalue weighted by Gasteiger charge is 2.29. The van der Waals surface area contributed by atoms with Crippen LogP contribution in [0, 0.1) is 0 Å². The molecule has 3 heterocycles. The lowest BCUT2D eigenvalue weighted by Gasteiger charge is -2.36. The number of aromatic nitrogens is 3. The second kappa shape index (κ2) is 14.5. The summed E-state index contributed by atoms with van der Waals surface area (Å²) in [6.45, 7) is 0. The van der Waals surface area contributed by atoms with Gasteiger partial charge in [-0.2, -0.15) is 0 Å². The van der Waals surface area contributed by atoms with Crippen molar-refractivity contribution in [2.75, 3.05) is 9.80 Å². The quantitative estimate of drug-likeness (QED) is 0.166. The largest absolute Gasteiger partial charge is 0.308 e. The summed E-state index contributed by atoms with van der Waals surface area (Å²) in [5.74, 6) is 1.83. The topological polar surface area (TPSA) is 45.2 Å². The molecule has 0 bridgehead atoms. The average molecular weight is 780 g/mol. The zero-order chi connectivity index (χ0) is 38.4. The van der Waals surface area contributed by atoms with E-state index in [1.165, 1.54) is 25.1 Å². The van der Waals surface area contributed by atoms with E-state index in [0.29, 0.717) is 17.5 Å². The Bertz CT molecular complexity index is 2770. The Hall–Kier alpha value is -6.93. The van der Waals surface area contributed by atoms with Crippen LogP contribution >= 0.6 is 23.5 Å². The number of nitrogens with zero attached hydrogens (tertiary/aromatic N) is 5. The summed E-state index contributed by atoms with van der Waals surface area (Å²) >= 11 is 3.61. The SMILES string of the molecule is c1ccc(-c2ccc(-c3nc(-c4ccccc4)nc(-c4cc(N5c6ccccc6Sc6ccccc65)cc(N5c6ccccc6Sc6ccccc65)c4)n3)cc2)cc1. The van der Waals surface area contributed by atoms with Crippen LogP contribution in [0.15, 0.2) is 220 Å². The Morgan fingerprint density at radius 1 is 0.276 bits per heavy atom. The Morgan fingerprint density at radius 3 is 1.02 bits per heavy atom. The molecule has 0 amide bonds. The van der Waals surface area contributed by atoms with Crippen LogP contribution in [-0.2, 0) is 0 Å². The fourth-order valence-electron chi connectivity index (χ4n) is 7.74. The van der Waals surface area contributed by atoms with Crippen LogP contribution in [0.3, 0.4) is 0 Å². The molecule has 11 rings (SSSR count). The van der Waals surface area contributed by atoms with Gasteiger partial charge in [0.1, 0.15) is 0 Å². The Labute approximate surface area is 345 Å². The monoisotopic (exact) mass is 779 g/mol. The summed E-state index contributed by atoms with van der Waals surface area (Å²) in [7, 11) is 0. The minimum atomic E-state index is 0.597. The molecule has 0 atom stereocenters. The summed E-state index contributed by atoms with van der Waals surface area (Å²) in [4.78, 5) is 25.2.